The number of benzene rings is 1. The first-order chi connectivity index (χ1) is 10.7. The predicted octanol–water partition coefficient (Wildman–Crippen LogP) is 3.56. The first kappa shape index (κ1) is 21.2. The van der Waals surface area contributed by atoms with Gasteiger partial charge in [0.05, 0.1) is 15.2 Å². The molecule has 1 aromatic heterocycles. The molecule has 3 N–H and O–H groups in total. The van der Waals surface area contributed by atoms with Crippen LogP contribution in [-0.2, 0) is 11.2 Å². The Labute approximate surface area is 159 Å². The fraction of sp³-hybridized carbons (Fsp3) is 0.529. The first-order valence-electron chi connectivity index (χ1n) is 8.02. The van der Waals surface area contributed by atoms with Crippen molar-refractivity contribution in [2.75, 3.05) is 6.54 Å². The van der Waals surface area contributed by atoms with Crippen molar-refractivity contribution < 1.29 is 4.79 Å². The number of para-hydroxylation sites is 1. The molecule has 24 heavy (non-hydrogen) atoms. The molecule has 3 rings (SSSR count). The van der Waals surface area contributed by atoms with Gasteiger partial charge in [0.25, 0.3) is 0 Å². The molecule has 1 aliphatic rings. The van der Waals surface area contributed by atoms with Crippen molar-refractivity contribution in [3.8, 4) is 0 Å². The van der Waals surface area contributed by atoms with Crippen LogP contribution >= 0.6 is 36.2 Å². The minimum Gasteiger partial charge on any atom is -0.353 e. The molecule has 7 heteroatoms. The van der Waals surface area contributed by atoms with Crippen molar-refractivity contribution in [1.82, 2.24) is 10.3 Å². The standard InChI is InChI=1S/C17H23N3OS.2ClH/c1-11(19-17(21)13-6-4-5-12(13)10-18)9-16-20-14-7-2-3-8-15(14)22-16;;/h2-3,7-8,11-13H,4-6,9-10,18H2,1H3,(H,19,21);2*1H/t11?,12-,13-;;/m1../s1. The van der Waals surface area contributed by atoms with E-state index in [1.807, 2.05) is 18.2 Å². The molecule has 1 heterocycles. The highest BCUT2D eigenvalue weighted by atomic mass is 35.5. The largest absolute Gasteiger partial charge is 0.353 e. The first-order valence-corrected chi connectivity index (χ1v) is 8.84. The molecule has 1 amide bonds. The maximum absolute atomic E-state index is 12.4. The van der Waals surface area contributed by atoms with Crippen LogP contribution in [0.2, 0.25) is 0 Å². The van der Waals surface area contributed by atoms with Crippen LogP contribution in [-0.4, -0.2) is 23.5 Å². The molecule has 134 valence electrons. The minimum absolute atomic E-state index is 0. The Kier molecular flexibility index (Phi) is 8.43. The zero-order chi connectivity index (χ0) is 15.5. The van der Waals surface area contributed by atoms with Gasteiger partial charge in [-0.2, -0.15) is 0 Å². The number of aromatic nitrogens is 1. The van der Waals surface area contributed by atoms with Crippen LogP contribution in [0.15, 0.2) is 24.3 Å². The Balaban J connectivity index is 0.00000144. The number of halogens is 2. The predicted molar refractivity (Wildman–Crippen MR) is 105 cm³/mol. The topological polar surface area (TPSA) is 68.0 Å². The third kappa shape index (κ3) is 4.82. The van der Waals surface area contributed by atoms with Gasteiger partial charge >= 0.3 is 0 Å². The molecule has 0 spiro atoms. The fourth-order valence-electron chi connectivity index (χ4n) is 3.33. The van der Waals surface area contributed by atoms with Crippen molar-refractivity contribution >= 4 is 52.3 Å². The summed E-state index contributed by atoms with van der Waals surface area (Å²) in [7, 11) is 0. The Morgan fingerprint density at radius 1 is 1.38 bits per heavy atom. The normalized spacial score (nSPS) is 20.9. The summed E-state index contributed by atoms with van der Waals surface area (Å²) in [5.41, 5.74) is 6.81. The number of carbonyl (C=O) groups is 1. The Morgan fingerprint density at radius 2 is 2.12 bits per heavy atom. The monoisotopic (exact) mass is 389 g/mol. The lowest BCUT2D eigenvalue weighted by atomic mass is 9.95. The lowest BCUT2D eigenvalue weighted by molar-refractivity contribution is -0.126. The number of amides is 1. The molecule has 1 aromatic carbocycles. The zero-order valence-electron chi connectivity index (χ0n) is 13.7. The van der Waals surface area contributed by atoms with E-state index in [0.717, 1.165) is 36.2 Å². The average Bonchev–Trinajstić information content (AvgIpc) is 3.12. The van der Waals surface area contributed by atoms with Crippen LogP contribution in [0, 0.1) is 11.8 Å². The molecule has 0 radical (unpaired) electrons. The van der Waals surface area contributed by atoms with Crippen molar-refractivity contribution in [2.24, 2.45) is 17.6 Å². The second-order valence-corrected chi connectivity index (χ2v) is 7.34. The van der Waals surface area contributed by atoms with Gasteiger partial charge in [0.2, 0.25) is 5.91 Å². The molecule has 0 bridgehead atoms. The zero-order valence-corrected chi connectivity index (χ0v) is 16.2. The number of fused-ring (bicyclic) bond motifs is 1. The van der Waals surface area contributed by atoms with Gasteiger partial charge < -0.3 is 11.1 Å². The van der Waals surface area contributed by atoms with Crippen molar-refractivity contribution in [1.29, 1.82) is 0 Å². The second kappa shape index (κ2) is 9.56. The summed E-state index contributed by atoms with van der Waals surface area (Å²) in [4.78, 5) is 17.0. The van der Waals surface area contributed by atoms with E-state index in [2.05, 4.69) is 23.3 Å². The van der Waals surface area contributed by atoms with Gasteiger partial charge in [-0.1, -0.05) is 18.6 Å². The Hall–Kier alpha value is -0.880. The molecule has 0 saturated heterocycles. The van der Waals surface area contributed by atoms with Gasteiger partial charge in [-0.25, -0.2) is 4.98 Å². The SMILES string of the molecule is CC(Cc1nc2ccccc2s1)NC(=O)[C@@H]1CCC[C@@H]1CN.Cl.Cl. The number of hydrogen-bond acceptors (Lipinski definition) is 4. The summed E-state index contributed by atoms with van der Waals surface area (Å²) in [5, 5.41) is 4.23. The van der Waals surface area contributed by atoms with E-state index in [1.165, 1.54) is 4.70 Å². The van der Waals surface area contributed by atoms with Crippen LogP contribution < -0.4 is 11.1 Å². The summed E-state index contributed by atoms with van der Waals surface area (Å²) in [6.07, 6.45) is 3.96. The molecule has 1 saturated carbocycles. The van der Waals surface area contributed by atoms with Crippen LogP contribution in [0.4, 0.5) is 0 Å². The van der Waals surface area contributed by atoms with E-state index in [0.29, 0.717) is 12.5 Å². The smallest absolute Gasteiger partial charge is 0.223 e. The highest BCUT2D eigenvalue weighted by molar-refractivity contribution is 7.18. The lowest BCUT2D eigenvalue weighted by Gasteiger charge is -2.20. The van der Waals surface area contributed by atoms with Gasteiger partial charge in [0.15, 0.2) is 0 Å². The number of thiazole rings is 1. The molecule has 1 unspecified atom stereocenters. The highest BCUT2D eigenvalue weighted by Crippen LogP contribution is 2.31. The van der Waals surface area contributed by atoms with E-state index in [4.69, 9.17) is 5.73 Å². The molecule has 1 fully saturated rings. The summed E-state index contributed by atoms with van der Waals surface area (Å²) in [6, 6.07) is 8.26. The lowest BCUT2D eigenvalue weighted by Crippen LogP contribution is -2.40. The van der Waals surface area contributed by atoms with Gasteiger partial charge in [-0.15, -0.1) is 36.2 Å². The van der Waals surface area contributed by atoms with Crippen LogP contribution in [0.3, 0.4) is 0 Å². The van der Waals surface area contributed by atoms with Crippen LogP contribution in [0.25, 0.3) is 10.2 Å². The maximum atomic E-state index is 12.4. The fourth-order valence-corrected chi connectivity index (χ4v) is 4.43. The van der Waals surface area contributed by atoms with E-state index in [1.54, 1.807) is 11.3 Å². The number of nitrogens with zero attached hydrogens (tertiary/aromatic N) is 1. The molecule has 2 aromatic rings. The summed E-state index contributed by atoms with van der Waals surface area (Å²) in [5.74, 6) is 0.624. The number of carbonyl (C=O) groups excluding carboxylic acids is 1. The van der Waals surface area contributed by atoms with Crippen LogP contribution in [0.1, 0.15) is 31.2 Å². The minimum atomic E-state index is 0. The molecular formula is C17H25Cl2N3OS. The number of rotatable bonds is 5. The van der Waals surface area contributed by atoms with Gasteiger partial charge in [0, 0.05) is 18.4 Å². The number of nitrogens with one attached hydrogen (secondary N) is 1. The van der Waals surface area contributed by atoms with Gasteiger partial charge in [-0.3, -0.25) is 4.79 Å². The van der Waals surface area contributed by atoms with Gasteiger partial charge in [0.1, 0.15) is 0 Å². The molecule has 3 atom stereocenters. The van der Waals surface area contributed by atoms with Gasteiger partial charge in [-0.05, 0) is 44.4 Å². The second-order valence-electron chi connectivity index (χ2n) is 6.22. The number of nitrogens with two attached hydrogens (primary N) is 1. The highest BCUT2D eigenvalue weighted by Gasteiger charge is 2.32. The van der Waals surface area contributed by atoms with E-state index < -0.39 is 0 Å². The van der Waals surface area contributed by atoms with E-state index >= 15 is 0 Å². The molecule has 0 aliphatic heterocycles. The van der Waals surface area contributed by atoms with E-state index in [9.17, 15) is 4.79 Å². The quantitative estimate of drug-likeness (QED) is 0.820. The summed E-state index contributed by atoms with van der Waals surface area (Å²) < 4.78 is 1.20. The third-order valence-electron chi connectivity index (χ3n) is 4.51. The third-order valence-corrected chi connectivity index (χ3v) is 5.56. The van der Waals surface area contributed by atoms with Crippen molar-refractivity contribution in [3.05, 3.63) is 29.3 Å². The molecular weight excluding hydrogens is 365 g/mol. The van der Waals surface area contributed by atoms with E-state index in [-0.39, 0.29) is 42.7 Å². The van der Waals surface area contributed by atoms with Crippen molar-refractivity contribution in [2.45, 2.75) is 38.6 Å². The Bertz CT molecular complexity index is 631. The molecule has 4 nitrogen and oxygen atoms in total. The maximum Gasteiger partial charge on any atom is 0.223 e. The van der Waals surface area contributed by atoms with Crippen molar-refractivity contribution in [3.63, 3.8) is 0 Å². The summed E-state index contributed by atoms with van der Waals surface area (Å²) in [6.45, 7) is 2.67. The van der Waals surface area contributed by atoms with Crippen LogP contribution in [0.5, 0.6) is 0 Å². The Morgan fingerprint density at radius 3 is 2.83 bits per heavy atom. The number of hydrogen-bond donors (Lipinski definition) is 2. The average molecular weight is 390 g/mol. The molecule has 1 aliphatic carbocycles. The summed E-state index contributed by atoms with van der Waals surface area (Å²) >= 11 is 1.71.